The van der Waals surface area contributed by atoms with Crippen LogP contribution in [-0.2, 0) is 10.0 Å². The van der Waals surface area contributed by atoms with Crippen molar-refractivity contribution < 1.29 is 17.2 Å². The number of hydrogen-bond acceptors (Lipinski definition) is 3. The maximum atomic E-state index is 13.7. The Morgan fingerprint density at radius 2 is 1.81 bits per heavy atom. The molecule has 0 spiro atoms. The summed E-state index contributed by atoms with van der Waals surface area (Å²) in [5.74, 6) is -1.62. The molecule has 0 bridgehead atoms. The van der Waals surface area contributed by atoms with E-state index in [1.807, 2.05) is 7.05 Å². The zero-order valence-electron chi connectivity index (χ0n) is 12.0. The first kappa shape index (κ1) is 16.3. The summed E-state index contributed by atoms with van der Waals surface area (Å²) in [6, 6.07) is 3.10. The third-order valence-electron chi connectivity index (χ3n) is 3.89. The molecule has 0 radical (unpaired) electrons. The average Bonchev–Trinajstić information content (AvgIpc) is 2.45. The number of nitrogens with one attached hydrogen (secondary N) is 1. The molecule has 1 aliphatic rings. The summed E-state index contributed by atoms with van der Waals surface area (Å²) in [4.78, 5) is -0.835. The van der Waals surface area contributed by atoms with Crippen molar-refractivity contribution in [2.24, 2.45) is 5.92 Å². The summed E-state index contributed by atoms with van der Waals surface area (Å²) in [5, 5.41) is 3.07. The maximum absolute atomic E-state index is 13.7. The van der Waals surface area contributed by atoms with E-state index in [0.717, 1.165) is 44.0 Å². The number of nitrogens with zero attached hydrogens (tertiary/aromatic N) is 1. The Labute approximate surface area is 124 Å². The Kier molecular flexibility index (Phi) is 5.29. The lowest BCUT2D eigenvalue weighted by Gasteiger charge is -2.31. The number of piperidine rings is 1. The van der Waals surface area contributed by atoms with Gasteiger partial charge in [-0.25, -0.2) is 17.2 Å². The number of benzene rings is 1. The molecule has 0 aliphatic carbocycles. The van der Waals surface area contributed by atoms with Gasteiger partial charge in [0.25, 0.3) is 0 Å². The highest BCUT2D eigenvalue weighted by Gasteiger charge is 2.33. The lowest BCUT2D eigenvalue weighted by Crippen LogP contribution is -2.39. The van der Waals surface area contributed by atoms with Crippen molar-refractivity contribution in [2.45, 2.75) is 24.2 Å². The van der Waals surface area contributed by atoms with Gasteiger partial charge >= 0.3 is 0 Å². The first-order chi connectivity index (χ1) is 9.96. The van der Waals surface area contributed by atoms with Crippen LogP contribution in [0.1, 0.15) is 19.3 Å². The molecule has 21 heavy (non-hydrogen) atoms. The molecule has 0 unspecified atom stereocenters. The van der Waals surface area contributed by atoms with E-state index >= 15 is 0 Å². The monoisotopic (exact) mass is 318 g/mol. The van der Waals surface area contributed by atoms with E-state index in [0.29, 0.717) is 19.0 Å². The van der Waals surface area contributed by atoms with Crippen LogP contribution in [-0.4, -0.2) is 39.4 Å². The Morgan fingerprint density at radius 3 is 2.33 bits per heavy atom. The van der Waals surface area contributed by atoms with Crippen LogP contribution in [0.4, 0.5) is 8.78 Å². The highest BCUT2D eigenvalue weighted by Crippen LogP contribution is 2.28. The molecule has 0 aromatic heterocycles. The molecule has 1 saturated heterocycles. The van der Waals surface area contributed by atoms with Crippen molar-refractivity contribution in [3.8, 4) is 0 Å². The largest absolute Gasteiger partial charge is 0.320 e. The first-order valence-corrected chi connectivity index (χ1v) is 8.49. The van der Waals surface area contributed by atoms with Crippen molar-refractivity contribution in [3.05, 3.63) is 29.8 Å². The second-order valence-electron chi connectivity index (χ2n) is 5.29. The first-order valence-electron chi connectivity index (χ1n) is 7.05. The van der Waals surface area contributed by atoms with Crippen LogP contribution in [0.25, 0.3) is 0 Å². The summed E-state index contributed by atoms with van der Waals surface area (Å²) in [6.45, 7) is 1.51. The Bertz CT molecular complexity index is 564. The molecular weight excluding hydrogens is 298 g/mol. The predicted octanol–water partition coefficient (Wildman–Crippen LogP) is 1.98. The van der Waals surface area contributed by atoms with Gasteiger partial charge in [-0.2, -0.15) is 4.31 Å². The van der Waals surface area contributed by atoms with E-state index in [1.165, 1.54) is 4.31 Å². The fourth-order valence-corrected chi connectivity index (χ4v) is 4.22. The average molecular weight is 318 g/mol. The summed E-state index contributed by atoms with van der Waals surface area (Å²) >= 11 is 0. The molecule has 1 fully saturated rings. The minimum atomic E-state index is -4.10. The topological polar surface area (TPSA) is 49.4 Å². The molecule has 4 nitrogen and oxygen atoms in total. The SMILES string of the molecule is CNCCC1CCN(S(=O)(=O)c2c(F)cccc2F)CC1. The van der Waals surface area contributed by atoms with Gasteiger partial charge in [-0.15, -0.1) is 0 Å². The van der Waals surface area contributed by atoms with Crippen molar-refractivity contribution in [1.29, 1.82) is 0 Å². The van der Waals surface area contributed by atoms with Gasteiger partial charge in [-0.1, -0.05) is 6.07 Å². The Hall–Kier alpha value is -1.05. The molecule has 7 heteroatoms. The lowest BCUT2D eigenvalue weighted by molar-refractivity contribution is 0.261. The molecule has 2 rings (SSSR count). The molecule has 0 atom stereocenters. The van der Waals surface area contributed by atoms with Crippen LogP contribution in [0.3, 0.4) is 0 Å². The molecule has 1 N–H and O–H groups in total. The van der Waals surface area contributed by atoms with Gasteiger partial charge < -0.3 is 5.32 Å². The third kappa shape index (κ3) is 3.59. The van der Waals surface area contributed by atoms with Crippen LogP contribution < -0.4 is 5.32 Å². The number of sulfonamides is 1. The summed E-state index contributed by atoms with van der Waals surface area (Å²) in [6.07, 6.45) is 2.42. The van der Waals surface area contributed by atoms with Crippen LogP contribution in [0.5, 0.6) is 0 Å². The summed E-state index contributed by atoms with van der Waals surface area (Å²) < 4.78 is 53.3. The van der Waals surface area contributed by atoms with Gasteiger partial charge in [0.1, 0.15) is 11.6 Å². The van der Waals surface area contributed by atoms with Crippen molar-refractivity contribution in [3.63, 3.8) is 0 Å². The molecule has 1 aromatic rings. The van der Waals surface area contributed by atoms with Crippen molar-refractivity contribution in [2.75, 3.05) is 26.7 Å². The van der Waals surface area contributed by atoms with Crippen LogP contribution in [0.15, 0.2) is 23.1 Å². The third-order valence-corrected chi connectivity index (χ3v) is 5.84. The number of halogens is 2. The predicted molar refractivity (Wildman–Crippen MR) is 76.4 cm³/mol. The van der Waals surface area contributed by atoms with Gasteiger partial charge in [0.15, 0.2) is 4.90 Å². The molecule has 1 aromatic carbocycles. The van der Waals surface area contributed by atoms with Gasteiger partial charge in [0.2, 0.25) is 10.0 Å². The zero-order chi connectivity index (χ0) is 15.5. The van der Waals surface area contributed by atoms with Crippen LogP contribution in [0, 0.1) is 17.6 Å². The molecular formula is C14H20F2N2O2S. The van der Waals surface area contributed by atoms with E-state index in [9.17, 15) is 17.2 Å². The molecule has 1 heterocycles. The van der Waals surface area contributed by atoms with Crippen molar-refractivity contribution >= 4 is 10.0 Å². The number of rotatable bonds is 5. The minimum Gasteiger partial charge on any atom is -0.320 e. The highest BCUT2D eigenvalue weighted by molar-refractivity contribution is 7.89. The fourth-order valence-electron chi connectivity index (χ4n) is 2.64. The van der Waals surface area contributed by atoms with Gasteiger partial charge in [-0.3, -0.25) is 0 Å². The Balaban J connectivity index is 2.12. The van der Waals surface area contributed by atoms with Crippen LogP contribution in [0.2, 0.25) is 0 Å². The highest BCUT2D eigenvalue weighted by atomic mass is 32.2. The fraction of sp³-hybridized carbons (Fsp3) is 0.571. The zero-order valence-corrected chi connectivity index (χ0v) is 12.8. The van der Waals surface area contributed by atoms with E-state index in [-0.39, 0.29) is 0 Å². The van der Waals surface area contributed by atoms with Crippen molar-refractivity contribution in [1.82, 2.24) is 9.62 Å². The lowest BCUT2D eigenvalue weighted by atomic mass is 9.95. The van der Waals surface area contributed by atoms with E-state index in [4.69, 9.17) is 0 Å². The van der Waals surface area contributed by atoms with Gasteiger partial charge in [0, 0.05) is 13.1 Å². The maximum Gasteiger partial charge on any atom is 0.248 e. The number of hydrogen-bond donors (Lipinski definition) is 1. The van der Waals surface area contributed by atoms with Gasteiger partial charge in [0.05, 0.1) is 0 Å². The molecule has 1 aliphatic heterocycles. The standard InChI is InChI=1S/C14H20F2N2O2S/c1-17-8-5-11-6-9-18(10-7-11)21(19,20)14-12(15)3-2-4-13(14)16/h2-4,11,17H,5-10H2,1H3. The van der Waals surface area contributed by atoms with E-state index < -0.39 is 26.6 Å². The molecule has 118 valence electrons. The second-order valence-corrected chi connectivity index (χ2v) is 7.17. The van der Waals surface area contributed by atoms with Gasteiger partial charge in [-0.05, 0) is 50.9 Å². The van der Waals surface area contributed by atoms with E-state index in [2.05, 4.69) is 5.32 Å². The normalized spacial score (nSPS) is 18.0. The summed E-state index contributed by atoms with van der Waals surface area (Å²) in [7, 11) is -2.22. The quantitative estimate of drug-likeness (QED) is 0.903. The Morgan fingerprint density at radius 1 is 1.24 bits per heavy atom. The minimum absolute atomic E-state index is 0.310. The second kappa shape index (κ2) is 6.81. The molecule has 0 amide bonds. The summed E-state index contributed by atoms with van der Waals surface area (Å²) in [5.41, 5.74) is 0. The van der Waals surface area contributed by atoms with E-state index in [1.54, 1.807) is 0 Å². The molecule has 0 saturated carbocycles. The van der Waals surface area contributed by atoms with Crippen LogP contribution >= 0.6 is 0 Å². The smallest absolute Gasteiger partial charge is 0.248 e.